The van der Waals surface area contributed by atoms with Gasteiger partial charge in [-0.3, -0.25) is 4.79 Å². The van der Waals surface area contributed by atoms with Gasteiger partial charge in [-0.1, -0.05) is 18.2 Å². The zero-order valence-corrected chi connectivity index (χ0v) is 12.3. The molecule has 0 aliphatic carbocycles. The highest BCUT2D eigenvalue weighted by Crippen LogP contribution is 2.25. The van der Waals surface area contributed by atoms with Crippen molar-refractivity contribution in [3.05, 3.63) is 64.7 Å². The van der Waals surface area contributed by atoms with Crippen LogP contribution in [-0.2, 0) is 5.75 Å². The summed E-state index contributed by atoms with van der Waals surface area (Å²) in [6.07, 6.45) is 0. The fraction of sp³-hybridized carbons (Fsp3) is 0.176. The number of hydrogen-bond donors (Lipinski definition) is 0. The van der Waals surface area contributed by atoms with E-state index in [-0.39, 0.29) is 5.78 Å². The second-order valence-corrected chi connectivity index (χ2v) is 5.67. The average molecular weight is 281 g/mol. The minimum absolute atomic E-state index is 0.0852. The van der Waals surface area contributed by atoms with Gasteiger partial charge in [0, 0.05) is 16.2 Å². The molecule has 0 N–H and O–H groups in total. The third-order valence-electron chi connectivity index (χ3n) is 3.11. The van der Waals surface area contributed by atoms with Gasteiger partial charge in [0.05, 0.1) is 11.6 Å². The maximum atomic E-state index is 11.4. The monoisotopic (exact) mass is 281 g/mol. The maximum absolute atomic E-state index is 11.4. The molecule has 0 amide bonds. The first-order chi connectivity index (χ1) is 9.60. The molecule has 100 valence electrons. The van der Waals surface area contributed by atoms with Crippen molar-refractivity contribution < 1.29 is 4.79 Å². The Labute approximate surface area is 123 Å². The van der Waals surface area contributed by atoms with E-state index in [1.165, 1.54) is 5.56 Å². The molecule has 0 aliphatic rings. The number of carbonyl (C=O) groups is 1. The van der Waals surface area contributed by atoms with Crippen LogP contribution >= 0.6 is 11.8 Å². The lowest BCUT2D eigenvalue weighted by Gasteiger charge is -2.07. The Morgan fingerprint density at radius 3 is 2.70 bits per heavy atom. The van der Waals surface area contributed by atoms with E-state index in [0.29, 0.717) is 5.56 Å². The van der Waals surface area contributed by atoms with E-state index < -0.39 is 0 Å². The van der Waals surface area contributed by atoms with Crippen LogP contribution in [0.2, 0.25) is 0 Å². The second kappa shape index (κ2) is 6.40. The molecule has 0 bridgehead atoms. The Morgan fingerprint density at radius 1 is 1.25 bits per heavy atom. The molecule has 0 unspecified atom stereocenters. The minimum atomic E-state index is 0.0852. The predicted molar refractivity (Wildman–Crippen MR) is 81.9 cm³/mol. The van der Waals surface area contributed by atoms with Gasteiger partial charge in [-0.25, -0.2) is 0 Å². The van der Waals surface area contributed by atoms with Gasteiger partial charge in [0.15, 0.2) is 5.78 Å². The van der Waals surface area contributed by atoms with Crippen molar-refractivity contribution in [2.45, 2.75) is 24.5 Å². The molecular formula is C17H15NOS. The second-order valence-electron chi connectivity index (χ2n) is 4.63. The van der Waals surface area contributed by atoms with Gasteiger partial charge in [-0.05, 0) is 49.2 Å². The van der Waals surface area contributed by atoms with Crippen molar-refractivity contribution in [1.82, 2.24) is 0 Å². The number of nitriles is 1. The Morgan fingerprint density at radius 2 is 2.05 bits per heavy atom. The van der Waals surface area contributed by atoms with Crippen molar-refractivity contribution in [3.8, 4) is 6.07 Å². The standard InChI is InChI=1S/C17H15NOS/c1-12-8-14(10-18)6-7-16(12)11-20-17-5-3-4-15(9-17)13(2)19/h3-9H,11H2,1-2H3. The lowest BCUT2D eigenvalue weighted by atomic mass is 10.1. The van der Waals surface area contributed by atoms with Crippen LogP contribution in [0.5, 0.6) is 0 Å². The van der Waals surface area contributed by atoms with Crippen LogP contribution in [-0.4, -0.2) is 5.78 Å². The zero-order valence-electron chi connectivity index (χ0n) is 11.5. The molecule has 0 saturated carbocycles. The van der Waals surface area contributed by atoms with Crippen LogP contribution in [0.25, 0.3) is 0 Å². The number of ketones is 1. The molecule has 2 nitrogen and oxygen atoms in total. The van der Waals surface area contributed by atoms with Crippen LogP contribution in [0.4, 0.5) is 0 Å². The molecule has 2 aromatic rings. The quantitative estimate of drug-likeness (QED) is 0.617. The molecule has 0 spiro atoms. The van der Waals surface area contributed by atoms with Crippen LogP contribution < -0.4 is 0 Å². The van der Waals surface area contributed by atoms with E-state index in [4.69, 9.17) is 5.26 Å². The Balaban J connectivity index is 2.11. The maximum Gasteiger partial charge on any atom is 0.159 e. The molecule has 2 rings (SSSR count). The van der Waals surface area contributed by atoms with Gasteiger partial charge in [-0.2, -0.15) is 5.26 Å². The fourth-order valence-corrected chi connectivity index (χ4v) is 2.92. The largest absolute Gasteiger partial charge is 0.295 e. The highest BCUT2D eigenvalue weighted by molar-refractivity contribution is 7.98. The van der Waals surface area contributed by atoms with Crippen molar-refractivity contribution in [1.29, 1.82) is 5.26 Å². The molecule has 0 heterocycles. The summed E-state index contributed by atoms with van der Waals surface area (Å²) in [6, 6.07) is 15.6. The van der Waals surface area contributed by atoms with Gasteiger partial charge >= 0.3 is 0 Å². The lowest BCUT2D eigenvalue weighted by Crippen LogP contribution is -1.92. The van der Waals surface area contributed by atoms with E-state index >= 15 is 0 Å². The summed E-state index contributed by atoms with van der Waals surface area (Å²) < 4.78 is 0. The third-order valence-corrected chi connectivity index (χ3v) is 4.15. The number of Topliss-reactive ketones (excluding diaryl/α,β-unsaturated/α-hetero) is 1. The van der Waals surface area contributed by atoms with Gasteiger partial charge < -0.3 is 0 Å². The Kier molecular flexibility index (Phi) is 4.60. The van der Waals surface area contributed by atoms with Crippen LogP contribution in [0.1, 0.15) is 34.0 Å². The van der Waals surface area contributed by atoms with Crippen molar-refractivity contribution in [3.63, 3.8) is 0 Å². The van der Waals surface area contributed by atoms with E-state index in [1.807, 2.05) is 49.4 Å². The molecule has 0 atom stereocenters. The highest BCUT2D eigenvalue weighted by Gasteiger charge is 2.04. The highest BCUT2D eigenvalue weighted by atomic mass is 32.2. The van der Waals surface area contributed by atoms with Crippen LogP contribution in [0.15, 0.2) is 47.4 Å². The predicted octanol–water partition coefficient (Wildman–Crippen LogP) is 4.36. The molecule has 20 heavy (non-hydrogen) atoms. The first-order valence-electron chi connectivity index (χ1n) is 6.33. The third kappa shape index (κ3) is 3.49. The molecule has 0 aliphatic heterocycles. The summed E-state index contributed by atoms with van der Waals surface area (Å²) in [4.78, 5) is 12.4. The smallest absolute Gasteiger partial charge is 0.159 e. The molecule has 0 fully saturated rings. The van der Waals surface area contributed by atoms with Gasteiger partial charge in [0.1, 0.15) is 0 Å². The summed E-state index contributed by atoms with van der Waals surface area (Å²) in [5.41, 5.74) is 3.77. The van der Waals surface area contributed by atoms with Crippen molar-refractivity contribution in [2.75, 3.05) is 0 Å². The van der Waals surface area contributed by atoms with E-state index in [9.17, 15) is 4.79 Å². The fourth-order valence-electron chi connectivity index (χ4n) is 1.89. The number of hydrogen-bond acceptors (Lipinski definition) is 3. The number of carbonyl (C=O) groups excluding carboxylic acids is 1. The molecule has 0 radical (unpaired) electrons. The summed E-state index contributed by atoms with van der Waals surface area (Å²) in [6.45, 7) is 3.59. The minimum Gasteiger partial charge on any atom is -0.295 e. The first kappa shape index (κ1) is 14.4. The first-order valence-corrected chi connectivity index (χ1v) is 7.32. The van der Waals surface area contributed by atoms with Gasteiger partial charge in [0.2, 0.25) is 0 Å². The summed E-state index contributed by atoms with van der Waals surface area (Å²) >= 11 is 1.70. The summed E-state index contributed by atoms with van der Waals surface area (Å²) in [5.74, 6) is 0.917. The lowest BCUT2D eigenvalue weighted by molar-refractivity contribution is 0.101. The number of aryl methyl sites for hydroxylation is 1. The average Bonchev–Trinajstić information content (AvgIpc) is 2.46. The van der Waals surface area contributed by atoms with E-state index in [0.717, 1.165) is 21.8 Å². The summed E-state index contributed by atoms with van der Waals surface area (Å²) in [5, 5.41) is 8.86. The molecule has 3 heteroatoms. The van der Waals surface area contributed by atoms with Crippen molar-refractivity contribution in [2.24, 2.45) is 0 Å². The Bertz CT molecular complexity index is 686. The number of rotatable bonds is 4. The van der Waals surface area contributed by atoms with Crippen LogP contribution in [0, 0.1) is 18.3 Å². The normalized spacial score (nSPS) is 10.1. The molecular weight excluding hydrogens is 266 g/mol. The molecule has 0 aromatic heterocycles. The zero-order chi connectivity index (χ0) is 14.5. The summed E-state index contributed by atoms with van der Waals surface area (Å²) in [7, 11) is 0. The van der Waals surface area contributed by atoms with Gasteiger partial charge in [0.25, 0.3) is 0 Å². The molecule has 0 saturated heterocycles. The molecule has 2 aromatic carbocycles. The van der Waals surface area contributed by atoms with E-state index in [1.54, 1.807) is 18.7 Å². The number of nitrogens with zero attached hydrogens (tertiary/aromatic N) is 1. The topological polar surface area (TPSA) is 40.9 Å². The number of thioether (sulfide) groups is 1. The van der Waals surface area contributed by atoms with Crippen molar-refractivity contribution >= 4 is 17.5 Å². The number of benzene rings is 2. The Hall–Kier alpha value is -2.05. The SMILES string of the molecule is CC(=O)c1cccc(SCc2ccc(C#N)cc2C)c1. The van der Waals surface area contributed by atoms with Crippen LogP contribution in [0.3, 0.4) is 0 Å². The van der Waals surface area contributed by atoms with E-state index in [2.05, 4.69) is 6.07 Å². The van der Waals surface area contributed by atoms with Gasteiger partial charge in [-0.15, -0.1) is 11.8 Å².